The maximum absolute atomic E-state index is 9.81. The lowest BCUT2D eigenvalue weighted by atomic mass is 10.3. The molecular weight excluding hydrogens is 180 g/mol. The molecule has 1 aromatic rings. The van der Waals surface area contributed by atoms with Gasteiger partial charge in [-0.05, 0) is 19.1 Å². The zero-order valence-electron chi connectivity index (χ0n) is 8.78. The second kappa shape index (κ2) is 6.95. The first-order valence-electron chi connectivity index (χ1n) is 4.42. The molecule has 78 valence electrons. The van der Waals surface area contributed by atoms with Gasteiger partial charge in [0.25, 0.3) is 0 Å². The minimum atomic E-state index is 0.231. The molecule has 0 bridgehead atoms. The number of Topliss-reactive ketones (excluding diaryl/α,β-unsaturated/α-hetero) is 1. The topological polar surface area (TPSA) is 46.5 Å². The molecule has 0 aliphatic carbocycles. The van der Waals surface area contributed by atoms with Gasteiger partial charge in [-0.2, -0.15) is 0 Å². The summed E-state index contributed by atoms with van der Waals surface area (Å²) in [4.78, 5) is 9.81. The van der Waals surface area contributed by atoms with E-state index in [9.17, 15) is 4.79 Å². The highest BCUT2D eigenvalue weighted by Crippen LogP contribution is 2.16. The zero-order chi connectivity index (χ0) is 11.0. The molecule has 14 heavy (non-hydrogen) atoms. The number of ketones is 1. The molecule has 0 saturated carbocycles. The van der Waals surface area contributed by atoms with E-state index in [0.29, 0.717) is 12.2 Å². The highest BCUT2D eigenvalue weighted by atomic mass is 16.5. The predicted molar refractivity (Wildman–Crippen MR) is 55.6 cm³/mol. The number of hydrogen-bond donors (Lipinski definition) is 1. The van der Waals surface area contributed by atoms with Gasteiger partial charge in [0.2, 0.25) is 0 Å². The summed E-state index contributed by atoms with van der Waals surface area (Å²) in [5.41, 5.74) is 0. The van der Waals surface area contributed by atoms with E-state index >= 15 is 0 Å². The van der Waals surface area contributed by atoms with Crippen molar-refractivity contribution < 1.29 is 14.6 Å². The summed E-state index contributed by atoms with van der Waals surface area (Å²) in [7, 11) is 1.56. The smallest absolute Gasteiger partial charge is 0.129 e. The van der Waals surface area contributed by atoms with Gasteiger partial charge in [-0.1, -0.05) is 13.0 Å². The highest BCUT2D eigenvalue weighted by molar-refractivity contribution is 5.74. The second-order valence-corrected chi connectivity index (χ2v) is 2.76. The van der Waals surface area contributed by atoms with Gasteiger partial charge >= 0.3 is 0 Å². The third-order valence-corrected chi connectivity index (χ3v) is 1.55. The quantitative estimate of drug-likeness (QED) is 0.790. The van der Waals surface area contributed by atoms with Gasteiger partial charge in [0, 0.05) is 12.5 Å². The first-order valence-corrected chi connectivity index (χ1v) is 4.42. The predicted octanol–water partition coefficient (Wildman–Crippen LogP) is 2.39. The third kappa shape index (κ3) is 6.06. The summed E-state index contributed by atoms with van der Waals surface area (Å²) in [5, 5.41) is 8.86. The molecule has 0 radical (unpaired) electrons. The van der Waals surface area contributed by atoms with Crippen LogP contribution in [0.2, 0.25) is 0 Å². The van der Waals surface area contributed by atoms with Crippen molar-refractivity contribution in [2.45, 2.75) is 20.3 Å². The number of aromatic hydroxyl groups is 1. The van der Waals surface area contributed by atoms with Crippen molar-refractivity contribution >= 4 is 5.78 Å². The summed E-state index contributed by atoms with van der Waals surface area (Å²) in [6.07, 6.45) is 0.667. The van der Waals surface area contributed by atoms with Crippen molar-refractivity contribution in [2.75, 3.05) is 7.11 Å². The van der Waals surface area contributed by atoms with Crippen molar-refractivity contribution in [1.82, 2.24) is 0 Å². The molecular formula is C11H16O3. The van der Waals surface area contributed by atoms with Gasteiger partial charge < -0.3 is 14.6 Å². The van der Waals surface area contributed by atoms with Crippen LogP contribution in [0.15, 0.2) is 24.3 Å². The average Bonchev–Trinajstić information content (AvgIpc) is 2.18. The lowest BCUT2D eigenvalue weighted by Gasteiger charge is -1.97. The van der Waals surface area contributed by atoms with Crippen LogP contribution in [0.5, 0.6) is 11.5 Å². The van der Waals surface area contributed by atoms with Gasteiger partial charge in [-0.25, -0.2) is 0 Å². The normalized spacial score (nSPS) is 8.50. The van der Waals surface area contributed by atoms with E-state index in [1.165, 1.54) is 0 Å². The van der Waals surface area contributed by atoms with Gasteiger partial charge in [0.1, 0.15) is 17.3 Å². The number of methoxy groups -OCH3 is 1. The van der Waals surface area contributed by atoms with Crippen molar-refractivity contribution in [3.63, 3.8) is 0 Å². The fourth-order valence-electron chi connectivity index (χ4n) is 0.610. The summed E-state index contributed by atoms with van der Waals surface area (Å²) in [6.45, 7) is 3.43. The molecule has 0 saturated heterocycles. The molecule has 0 fully saturated rings. The van der Waals surface area contributed by atoms with Crippen LogP contribution in [0.3, 0.4) is 0 Å². The van der Waals surface area contributed by atoms with Crippen LogP contribution in [0.1, 0.15) is 20.3 Å². The van der Waals surface area contributed by atoms with Gasteiger partial charge in [0.15, 0.2) is 0 Å². The number of carbonyl (C=O) groups excluding carboxylic acids is 1. The Balaban J connectivity index is 0.000000292. The van der Waals surface area contributed by atoms with Crippen molar-refractivity contribution in [2.24, 2.45) is 0 Å². The highest BCUT2D eigenvalue weighted by Gasteiger charge is 1.88. The zero-order valence-corrected chi connectivity index (χ0v) is 8.78. The van der Waals surface area contributed by atoms with Crippen LogP contribution < -0.4 is 4.74 Å². The van der Waals surface area contributed by atoms with E-state index in [-0.39, 0.29) is 11.5 Å². The van der Waals surface area contributed by atoms with Crippen LogP contribution in [0.25, 0.3) is 0 Å². The molecule has 0 atom stereocenters. The largest absolute Gasteiger partial charge is 0.508 e. The maximum atomic E-state index is 9.81. The molecule has 0 spiro atoms. The Hall–Kier alpha value is -1.51. The van der Waals surface area contributed by atoms with Gasteiger partial charge in [0.05, 0.1) is 7.11 Å². The van der Waals surface area contributed by atoms with E-state index in [1.807, 2.05) is 6.92 Å². The monoisotopic (exact) mass is 196 g/mol. The molecule has 1 N–H and O–H groups in total. The van der Waals surface area contributed by atoms with E-state index in [4.69, 9.17) is 9.84 Å². The summed E-state index contributed by atoms with van der Waals surface area (Å²) >= 11 is 0. The van der Waals surface area contributed by atoms with Crippen LogP contribution in [0, 0.1) is 0 Å². The Morgan fingerprint density at radius 2 is 2.07 bits per heavy atom. The molecule has 3 nitrogen and oxygen atoms in total. The average molecular weight is 196 g/mol. The Morgan fingerprint density at radius 1 is 1.50 bits per heavy atom. The summed E-state index contributed by atoms with van der Waals surface area (Å²) < 4.78 is 4.84. The molecule has 0 aromatic heterocycles. The van der Waals surface area contributed by atoms with Crippen LogP contribution in [0.4, 0.5) is 0 Å². The fraction of sp³-hybridized carbons (Fsp3) is 0.364. The first kappa shape index (κ1) is 12.5. The number of benzene rings is 1. The number of ether oxygens (including phenoxy) is 1. The van der Waals surface area contributed by atoms with Crippen LogP contribution >= 0.6 is 0 Å². The molecule has 1 aromatic carbocycles. The van der Waals surface area contributed by atoms with Crippen molar-refractivity contribution in [1.29, 1.82) is 0 Å². The number of carbonyl (C=O) groups is 1. The van der Waals surface area contributed by atoms with Crippen molar-refractivity contribution in [3.8, 4) is 11.5 Å². The lowest BCUT2D eigenvalue weighted by molar-refractivity contribution is -0.116. The van der Waals surface area contributed by atoms with E-state index < -0.39 is 0 Å². The second-order valence-electron chi connectivity index (χ2n) is 2.76. The number of rotatable bonds is 2. The van der Waals surface area contributed by atoms with Crippen LogP contribution in [-0.4, -0.2) is 18.0 Å². The maximum Gasteiger partial charge on any atom is 0.129 e. The molecule has 3 heteroatoms. The van der Waals surface area contributed by atoms with E-state index in [2.05, 4.69) is 0 Å². The molecule has 0 heterocycles. The lowest BCUT2D eigenvalue weighted by Crippen LogP contribution is -1.80. The number of phenolic OH excluding ortho intramolecular Hbond substituents is 1. The summed E-state index contributed by atoms with van der Waals surface area (Å²) in [6, 6.07) is 6.66. The standard InChI is InChI=1S/C7H8O2.C4H8O/c1-9-7-4-2-3-6(8)5-7;1-3-4(2)5/h2-5,8H,1H3;3H2,1-2H3. The molecule has 0 amide bonds. The molecule has 1 rings (SSSR count). The Bertz CT molecular complexity index is 282. The SMILES string of the molecule is CCC(C)=O.COc1cccc(O)c1. The molecule has 0 unspecified atom stereocenters. The van der Waals surface area contributed by atoms with Crippen LogP contribution in [-0.2, 0) is 4.79 Å². The number of phenols is 1. The van der Waals surface area contributed by atoms with Gasteiger partial charge in [-0.15, -0.1) is 0 Å². The molecule has 0 aliphatic heterocycles. The Labute approximate surface area is 84.3 Å². The Morgan fingerprint density at radius 3 is 2.36 bits per heavy atom. The molecule has 0 aliphatic rings. The minimum Gasteiger partial charge on any atom is -0.508 e. The first-order chi connectivity index (χ1) is 6.60. The third-order valence-electron chi connectivity index (χ3n) is 1.55. The van der Waals surface area contributed by atoms with Crippen molar-refractivity contribution in [3.05, 3.63) is 24.3 Å². The Kier molecular flexibility index (Phi) is 6.20. The minimum absolute atomic E-state index is 0.231. The number of hydrogen-bond acceptors (Lipinski definition) is 3. The summed E-state index contributed by atoms with van der Waals surface area (Å²) in [5.74, 6) is 1.16. The van der Waals surface area contributed by atoms with Gasteiger partial charge in [-0.3, -0.25) is 0 Å². The fourth-order valence-corrected chi connectivity index (χ4v) is 0.610. The van der Waals surface area contributed by atoms with E-state index in [1.54, 1.807) is 38.3 Å². The van der Waals surface area contributed by atoms with E-state index in [0.717, 1.165) is 0 Å².